The number of carbonyl (C=O) groups excluding carboxylic acids is 1. The van der Waals surface area contributed by atoms with Gasteiger partial charge >= 0.3 is 0 Å². The standard InChI is InChI=1S/C18H21BrN4O2/c1-12-9-13(22-18(21-12)23-7-3-4-8-23)11-20-17(24)15-10-14(25-2)5-6-16(15)19/h5-6,9-10H,3-4,7-8,11H2,1-2H3,(H,20,24). The average Bonchev–Trinajstić information content (AvgIpc) is 3.14. The summed E-state index contributed by atoms with van der Waals surface area (Å²) in [6.07, 6.45) is 2.35. The number of benzene rings is 1. The normalized spacial score (nSPS) is 13.8. The van der Waals surface area contributed by atoms with Gasteiger partial charge in [-0.2, -0.15) is 0 Å². The number of aryl methyl sites for hydroxylation is 1. The summed E-state index contributed by atoms with van der Waals surface area (Å²) in [6.45, 7) is 4.29. The van der Waals surface area contributed by atoms with E-state index in [4.69, 9.17) is 4.74 Å². The summed E-state index contributed by atoms with van der Waals surface area (Å²) in [4.78, 5) is 23.8. The fourth-order valence-electron chi connectivity index (χ4n) is 2.84. The van der Waals surface area contributed by atoms with E-state index in [9.17, 15) is 4.79 Å². The number of anilines is 1. The van der Waals surface area contributed by atoms with Gasteiger partial charge in [0, 0.05) is 23.3 Å². The zero-order valence-electron chi connectivity index (χ0n) is 14.4. The molecule has 3 rings (SSSR count). The van der Waals surface area contributed by atoms with E-state index in [1.807, 2.05) is 13.0 Å². The molecule has 0 saturated carbocycles. The number of ether oxygens (including phenoxy) is 1. The molecule has 2 aromatic rings. The van der Waals surface area contributed by atoms with Crippen LogP contribution in [0.4, 0.5) is 5.95 Å². The maximum atomic E-state index is 12.5. The third-order valence-corrected chi connectivity index (χ3v) is 4.82. The van der Waals surface area contributed by atoms with Crippen LogP contribution >= 0.6 is 15.9 Å². The fraction of sp³-hybridized carbons (Fsp3) is 0.389. The predicted octanol–water partition coefficient (Wildman–Crippen LogP) is 3.09. The van der Waals surface area contributed by atoms with E-state index in [-0.39, 0.29) is 5.91 Å². The molecule has 25 heavy (non-hydrogen) atoms. The second-order valence-electron chi connectivity index (χ2n) is 6.02. The number of halogens is 1. The van der Waals surface area contributed by atoms with E-state index in [0.717, 1.165) is 34.9 Å². The molecule has 0 atom stereocenters. The van der Waals surface area contributed by atoms with Crippen molar-refractivity contribution < 1.29 is 9.53 Å². The van der Waals surface area contributed by atoms with Crippen LogP contribution in [0.3, 0.4) is 0 Å². The topological polar surface area (TPSA) is 67.3 Å². The molecule has 0 radical (unpaired) electrons. The lowest BCUT2D eigenvalue weighted by molar-refractivity contribution is 0.0949. The molecule has 1 aromatic heterocycles. The third kappa shape index (κ3) is 4.28. The van der Waals surface area contributed by atoms with Crippen molar-refractivity contribution in [2.24, 2.45) is 0 Å². The summed E-state index contributed by atoms with van der Waals surface area (Å²) in [6, 6.07) is 7.21. The molecular formula is C18H21BrN4O2. The number of hydrogen-bond donors (Lipinski definition) is 1. The molecule has 0 bridgehead atoms. The van der Waals surface area contributed by atoms with Gasteiger partial charge < -0.3 is 15.0 Å². The Morgan fingerprint density at radius 1 is 1.28 bits per heavy atom. The lowest BCUT2D eigenvalue weighted by atomic mass is 10.2. The number of hydrogen-bond acceptors (Lipinski definition) is 5. The summed E-state index contributed by atoms with van der Waals surface area (Å²) in [5, 5.41) is 2.92. The molecule has 1 aliphatic heterocycles. The smallest absolute Gasteiger partial charge is 0.252 e. The lowest BCUT2D eigenvalue weighted by Crippen LogP contribution is -2.25. The summed E-state index contributed by atoms with van der Waals surface area (Å²) in [7, 11) is 1.58. The summed E-state index contributed by atoms with van der Waals surface area (Å²) < 4.78 is 5.91. The Balaban J connectivity index is 1.72. The Hall–Kier alpha value is -2.15. The van der Waals surface area contributed by atoms with Crippen molar-refractivity contribution >= 4 is 27.8 Å². The van der Waals surface area contributed by atoms with Gasteiger partial charge in [-0.15, -0.1) is 0 Å². The first-order valence-corrected chi connectivity index (χ1v) is 9.07. The van der Waals surface area contributed by atoms with Crippen LogP contribution in [0.15, 0.2) is 28.7 Å². The monoisotopic (exact) mass is 404 g/mol. The molecule has 7 heteroatoms. The third-order valence-electron chi connectivity index (χ3n) is 4.13. The van der Waals surface area contributed by atoms with Crippen molar-refractivity contribution in [3.05, 3.63) is 45.7 Å². The molecule has 2 heterocycles. The Morgan fingerprint density at radius 3 is 2.76 bits per heavy atom. The largest absolute Gasteiger partial charge is 0.497 e. The highest BCUT2D eigenvalue weighted by molar-refractivity contribution is 9.10. The predicted molar refractivity (Wildman–Crippen MR) is 100 cm³/mol. The first-order chi connectivity index (χ1) is 12.1. The second kappa shape index (κ2) is 7.82. The quantitative estimate of drug-likeness (QED) is 0.828. The minimum Gasteiger partial charge on any atom is -0.497 e. The lowest BCUT2D eigenvalue weighted by Gasteiger charge is -2.16. The molecule has 0 unspecified atom stereocenters. The Morgan fingerprint density at radius 2 is 2.04 bits per heavy atom. The molecule has 132 valence electrons. The first-order valence-electron chi connectivity index (χ1n) is 8.28. The molecule has 0 spiro atoms. The van der Waals surface area contributed by atoms with Crippen LogP contribution < -0.4 is 15.0 Å². The molecule has 1 fully saturated rings. The van der Waals surface area contributed by atoms with Gasteiger partial charge in [-0.1, -0.05) is 0 Å². The van der Waals surface area contributed by atoms with Crippen molar-refractivity contribution in [2.45, 2.75) is 26.3 Å². The Bertz CT molecular complexity index is 776. The maximum absolute atomic E-state index is 12.5. The molecule has 1 N–H and O–H groups in total. The van der Waals surface area contributed by atoms with Crippen LogP contribution in [-0.4, -0.2) is 36.1 Å². The number of nitrogens with one attached hydrogen (secondary N) is 1. The first kappa shape index (κ1) is 17.7. The number of amides is 1. The van der Waals surface area contributed by atoms with Crippen molar-refractivity contribution in [3.8, 4) is 5.75 Å². The summed E-state index contributed by atoms with van der Waals surface area (Å²) in [5.41, 5.74) is 2.25. The Labute approximate surface area is 155 Å². The van der Waals surface area contributed by atoms with Crippen LogP contribution in [-0.2, 0) is 6.54 Å². The molecule has 0 aliphatic carbocycles. The molecule has 1 aromatic carbocycles. The fourth-order valence-corrected chi connectivity index (χ4v) is 3.26. The van der Waals surface area contributed by atoms with E-state index in [0.29, 0.717) is 17.9 Å². The Kier molecular flexibility index (Phi) is 5.53. The summed E-state index contributed by atoms with van der Waals surface area (Å²) in [5.74, 6) is 1.22. The van der Waals surface area contributed by atoms with Gasteiger partial charge in [-0.05, 0) is 60.0 Å². The number of rotatable bonds is 5. The van der Waals surface area contributed by atoms with Crippen LogP contribution in [0.2, 0.25) is 0 Å². The molecular weight excluding hydrogens is 384 g/mol. The van der Waals surface area contributed by atoms with E-state index in [1.165, 1.54) is 12.8 Å². The zero-order chi connectivity index (χ0) is 17.8. The van der Waals surface area contributed by atoms with Crippen molar-refractivity contribution in [1.82, 2.24) is 15.3 Å². The van der Waals surface area contributed by atoms with E-state index in [1.54, 1.807) is 25.3 Å². The second-order valence-corrected chi connectivity index (χ2v) is 6.88. The zero-order valence-corrected chi connectivity index (χ0v) is 16.0. The van der Waals surface area contributed by atoms with Crippen LogP contribution in [0, 0.1) is 6.92 Å². The number of aromatic nitrogens is 2. The molecule has 1 amide bonds. The van der Waals surface area contributed by atoms with Gasteiger partial charge in [0.1, 0.15) is 5.75 Å². The number of nitrogens with zero attached hydrogens (tertiary/aromatic N) is 3. The maximum Gasteiger partial charge on any atom is 0.252 e. The van der Waals surface area contributed by atoms with E-state index >= 15 is 0 Å². The van der Waals surface area contributed by atoms with Crippen LogP contribution in [0.5, 0.6) is 5.75 Å². The highest BCUT2D eigenvalue weighted by Crippen LogP contribution is 2.22. The van der Waals surface area contributed by atoms with Crippen LogP contribution in [0.1, 0.15) is 34.6 Å². The highest BCUT2D eigenvalue weighted by Gasteiger charge is 2.16. The number of methoxy groups -OCH3 is 1. The van der Waals surface area contributed by atoms with E-state index < -0.39 is 0 Å². The summed E-state index contributed by atoms with van der Waals surface area (Å²) >= 11 is 3.41. The average molecular weight is 405 g/mol. The molecule has 1 saturated heterocycles. The van der Waals surface area contributed by atoms with E-state index in [2.05, 4.69) is 36.1 Å². The van der Waals surface area contributed by atoms with Gasteiger partial charge in [0.05, 0.1) is 24.9 Å². The highest BCUT2D eigenvalue weighted by atomic mass is 79.9. The van der Waals surface area contributed by atoms with Gasteiger partial charge in [0.2, 0.25) is 5.95 Å². The van der Waals surface area contributed by atoms with Gasteiger partial charge in [0.15, 0.2) is 0 Å². The van der Waals surface area contributed by atoms with Crippen LogP contribution in [0.25, 0.3) is 0 Å². The van der Waals surface area contributed by atoms with Gasteiger partial charge in [0.25, 0.3) is 5.91 Å². The SMILES string of the molecule is COc1ccc(Br)c(C(=O)NCc2cc(C)nc(N3CCCC3)n2)c1. The van der Waals surface area contributed by atoms with Crippen molar-refractivity contribution in [1.29, 1.82) is 0 Å². The van der Waals surface area contributed by atoms with Crippen molar-refractivity contribution in [2.75, 3.05) is 25.1 Å². The van der Waals surface area contributed by atoms with Gasteiger partial charge in [-0.25, -0.2) is 9.97 Å². The minimum atomic E-state index is -0.176. The minimum absolute atomic E-state index is 0.176. The van der Waals surface area contributed by atoms with Crippen molar-refractivity contribution in [3.63, 3.8) is 0 Å². The number of carbonyl (C=O) groups is 1. The molecule has 1 aliphatic rings. The molecule has 6 nitrogen and oxygen atoms in total. The van der Waals surface area contributed by atoms with Gasteiger partial charge in [-0.3, -0.25) is 4.79 Å².